The van der Waals surface area contributed by atoms with E-state index < -0.39 is 0 Å². The van der Waals surface area contributed by atoms with Crippen LogP contribution in [0, 0.1) is 11.8 Å². The van der Waals surface area contributed by atoms with Gasteiger partial charge in [-0.2, -0.15) is 0 Å². The molecule has 0 amide bonds. The SMILES string of the molecule is COc1cccc(C2(N)C3CCCC32)c1. The van der Waals surface area contributed by atoms with E-state index in [1.54, 1.807) is 7.11 Å². The van der Waals surface area contributed by atoms with Crippen LogP contribution in [0.15, 0.2) is 24.3 Å². The van der Waals surface area contributed by atoms with Gasteiger partial charge in [0.15, 0.2) is 0 Å². The lowest BCUT2D eigenvalue weighted by Gasteiger charge is -2.16. The Kier molecular flexibility index (Phi) is 1.84. The van der Waals surface area contributed by atoms with Crippen LogP contribution in [0.3, 0.4) is 0 Å². The Hall–Kier alpha value is -1.02. The number of hydrogen-bond acceptors (Lipinski definition) is 2. The molecule has 0 radical (unpaired) electrons. The van der Waals surface area contributed by atoms with Gasteiger partial charge in [-0.3, -0.25) is 0 Å². The van der Waals surface area contributed by atoms with E-state index in [4.69, 9.17) is 10.5 Å². The van der Waals surface area contributed by atoms with E-state index >= 15 is 0 Å². The molecule has 1 aromatic carbocycles. The molecule has 0 heterocycles. The number of benzene rings is 1. The van der Waals surface area contributed by atoms with E-state index in [9.17, 15) is 0 Å². The molecule has 15 heavy (non-hydrogen) atoms. The van der Waals surface area contributed by atoms with Crippen molar-refractivity contribution < 1.29 is 4.74 Å². The number of fused-ring (bicyclic) bond motifs is 1. The molecular weight excluding hydrogens is 186 g/mol. The Bertz CT molecular complexity index is 378. The second kappa shape index (κ2) is 2.99. The summed E-state index contributed by atoms with van der Waals surface area (Å²) < 4.78 is 5.24. The van der Waals surface area contributed by atoms with E-state index in [-0.39, 0.29) is 5.54 Å². The highest BCUT2D eigenvalue weighted by molar-refractivity contribution is 5.40. The van der Waals surface area contributed by atoms with Crippen molar-refractivity contribution in [1.82, 2.24) is 0 Å². The lowest BCUT2D eigenvalue weighted by atomic mass is 9.97. The lowest BCUT2D eigenvalue weighted by molar-refractivity contribution is 0.412. The van der Waals surface area contributed by atoms with Crippen LogP contribution in [0.1, 0.15) is 24.8 Å². The highest BCUT2D eigenvalue weighted by atomic mass is 16.5. The molecule has 2 unspecified atom stereocenters. The van der Waals surface area contributed by atoms with Crippen molar-refractivity contribution >= 4 is 0 Å². The molecular formula is C13H17NO. The summed E-state index contributed by atoms with van der Waals surface area (Å²) in [4.78, 5) is 0. The molecule has 2 N–H and O–H groups in total. The maximum Gasteiger partial charge on any atom is 0.119 e. The van der Waals surface area contributed by atoms with Crippen LogP contribution in [0.2, 0.25) is 0 Å². The third-order valence-corrected chi connectivity index (χ3v) is 4.20. The highest BCUT2D eigenvalue weighted by Gasteiger charge is 2.64. The average molecular weight is 203 g/mol. The van der Waals surface area contributed by atoms with E-state index in [2.05, 4.69) is 12.1 Å². The van der Waals surface area contributed by atoms with Gasteiger partial charge in [-0.25, -0.2) is 0 Å². The van der Waals surface area contributed by atoms with Gasteiger partial charge in [-0.05, 0) is 42.4 Å². The lowest BCUT2D eigenvalue weighted by Crippen LogP contribution is -2.25. The molecule has 0 aromatic heterocycles. The van der Waals surface area contributed by atoms with Gasteiger partial charge >= 0.3 is 0 Å². The van der Waals surface area contributed by atoms with Crippen LogP contribution < -0.4 is 10.5 Å². The van der Waals surface area contributed by atoms with E-state index in [1.165, 1.54) is 24.8 Å². The minimum atomic E-state index is -0.0349. The molecule has 0 saturated heterocycles. The molecule has 3 rings (SSSR count). The van der Waals surface area contributed by atoms with E-state index in [0.29, 0.717) is 0 Å². The van der Waals surface area contributed by atoms with Crippen molar-refractivity contribution in [3.8, 4) is 5.75 Å². The maximum absolute atomic E-state index is 6.49. The first-order valence-electron chi connectivity index (χ1n) is 5.70. The second-order valence-electron chi connectivity index (χ2n) is 4.81. The van der Waals surface area contributed by atoms with Crippen LogP contribution >= 0.6 is 0 Å². The summed E-state index contributed by atoms with van der Waals surface area (Å²) >= 11 is 0. The first-order valence-corrected chi connectivity index (χ1v) is 5.70. The second-order valence-corrected chi connectivity index (χ2v) is 4.81. The Morgan fingerprint density at radius 1 is 1.33 bits per heavy atom. The van der Waals surface area contributed by atoms with Gasteiger partial charge in [0.05, 0.1) is 7.11 Å². The Labute approximate surface area is 90.4 Å². The van der Waals surface area contributed by atoms with Gasteiger partial charge in [0.25, 0.3) is 0 Å². The highest BCUT2D eigenvalue weighted by Crippen LogP contribution is 2.64. The monoisotopic (exact) mass is 203 g/mol. The summed E-state index contributed by atoms with van der Waals surface area (Å²) in [6.07, 6.45) is 3.97. The molecule has 0 spiro atoms. The minimum Gasteiger partial charge on any atom is -0.497 e. The zero-order valence-corrected chi connectivity index (χ0v) is 9.07. The number of ether oxygens (including phenoxy) is 1. The van der Waals surface area contributed by atoms with E-state index in [0.717, 1.165) is 17.6 Å². The molecule has 2 atom stereocenters. The summed E-state index contributed by atoms with van der Waals surface area (Å²) in [6, 6.07) is 8.25. The van der Waals surface area contributed by atoms with Crippen molar-refractivity contribution in [3.63, 3.8) is 0 Å². The van der Waals surface area contributed by atoms with E-state index in [1.807, 2.05) is 12.1 Å². The van der Waals surface area contributed by atoms with Crippen LogP contribution in [-0.4, -0.2) is 7.11 Å². The van der Waals surface area contributed by atoms with Crippen molar-refractivity contribution in [3.05, 3.63) is 29.8 Å². The summed E-state index contributed by atoms with van der Waals surface area (Å²) in [5.74, 6) is 2.37. The molecule has 2 nitrogen and oxygen atoms in total. The quantitative estimate of drug-likeness (QED) is 0.800. The number of hydrogen-bond donors (Lipinski definition) is 1. The zero-order chi connectivity index (χ0) is 10.5. The van der Waals surface area contributed by atoms with Gasteiger partial charge in [0, 0.05) is 5.54 Å². The predicted octanol–water partition coefficient (Wildman–Crippen LogP) is 2.28. The fourth-order valence-electron chi connectivity index (χ4n) is 3.32. The summed E-state index contributed by atoms with van der Waals surface area (Å²) in [5.41, 5.74) is 7.71. The number of nitrogens with two attached hydrogens (primary N) is 1. The number of methoxy groups -OCH3 is 1. The third-order valence-electron chi connectivity index (χ3n) is 4.20. The van der Waals surface area contributed by atoms with Crippen LogP contribution in [0.25, 0.3) is 0 Å². The fourth-order valence-corrected chi connectivity index (χ4v) is 3.32. The molecule has 80 valence electrons. The summed E-state index contributed by atoms with van der Waals surface area (Å²) in [6.45, 7) is 0. The topological polar surface area (TPSA) is 35.2 Å². The normalized spacial score (nSPS) is 37.5. The van der Waals surface area contributed by atoms with Crippen molar-refractivity contribution in [2.45, 2.75) is 24.8 Å². The Balaban J connectivity index is 1.93. The molecule has 2 saturated carbocycles. The zero-order valence-electron chi connectivity index (χ0n) is 9.07. The first-order chi connectivity index (χ1) is 7.26. The van der Waals surface area contributed by atoms with Gasteiger partial charge in [-0.15, -0.1) is 0 Å². The molecule has 2 heteroatoms. The smallest absolute Gasteiger partial charge is 0.119 e. The maximum atomic E-state index is 6.49. The van der Waals surface area contributed by atoms with Gasteiger partial charge in [0.1, 0.15) is 5.75 Å². The van der Waals surface area contributed by atoms with Crippen molar-refractivity contribution in [2.75, 3.05) is 7.11 Å². The number of rotatable bonds is 2. The van der Waals surface area contributed by atoms with Crippen molar-refractivity contribution in [1.29, 1.82) is 0 Å². The predicted molar refractivity (Wildman–Crippen MR) is 59.7 cm³/mol. The molecule has 0 bridgehead atoms. The van der Waals surface area contributed by atoms with Gasteiger partial charge in [0.2, 0.25) is 0 Å². The molecule has 2 aliphatic rings. The summed E-state index contributed by atoms with van der Waals surface area (Å²) in [7, 11) is 1.70. The fraction of sp³-hybridized carbons (Fsp3) is 0.538. The molecule has 0 aliphatic heterocycles. The molecule has 1 aromatic rings. The standard InChI is InChI=1S/C13H17NO/c1-15-10-5-2-4-9(8-10)13(14)11-6-3-7-12(11)13/h2,4-5,8,11-12H,3,6-7,14H2,1H3. The Morgan fingerprint density at radius 2 is 2.07 bits per heavy atom. The Morgan fingerprint density at radius 3 is 2.73 bits per heavy atom. The first kappa shape index (κ1) is 9.22. The van der Waals surface area contributed by atoms with Crippen molar-refractivity contribution in [2.24, 2.45) is 17.6 Å². The average Bonchev–Trinajstić information content (AvgIpc) is 2.71. The molecule has 2 fully saturated rings. The third kappa shape index (κ3) is 1.14. The van der Waals surface area contributed by atoms with Crippen LogP contribution in [-0.2, 0) is 5.54 Å². The minimum absolute atomic E-state index is 0.0349. The van der Waals surface area contributed by atoms with Crippen LogP contribution in [0.5, 0.6) is 5.75 Å². The van der Waals surface area contributed by atoms with Gasteiger partial charge < -0.3 is 10.5 Å². The largest absolute Gasteiger partial charge is 0.497 e. The van der Waals surface area contributed by atoms with Crippen LogP contribution in [0.4, 0.5) is 0 Å². The van der Waals surface area contributed by atoms with Gasteiger partial charge in [-0.1, -0.05) is 18.6 Å². The molecule has 2 aliphatic carbocycles. The summed E-state index contributed by atoms with van der Waals surface area (Å²) in [5, 5.41) is 0.